The Morgan fingerprint density at radius 2 is 2.21 bits per heavy atom. The van der Waals surface area contributed by atoms with E-state index in [0.717, 1.165) is 12.2 Å². The first-order chi connectivity index (χ1) is 6.74. The molecule has 0 atom stereocenters. The molecule has 0 unspecified atom stereocenters. The van der Waals surface area contributed by atoms with E-state index in [1.807, 2.05) is 6.07 Å². The first kappa shape index (κ1) is 9.31. The minimum absolute atomic E-state index is 0.279. The molecule has 0 bridgehead atoms. The number of nitrogen functional groups attached to an aromatic ring is 1. The molecule has 1 aliphatic rings. The molecule has 1 fully saturated rings. The van der Waals surface area contributed by atoms with Crippen molar-refractivity contribution in [1.29, 1.82) is 0 Å². The predicted octanol–water partition coefficient (Wildman–Crippen LogP) is 2.40. The van der Waals surface area contributed by atoms with Gasteiger partial charge in [-0.2, -0.15) is 0 Å². The summed E-state index contributed by atoms with van der Waals surface area (Å²) in [5.41, 5.74) is 6.83. The number of halogens is 1. The van der Waals surface area contributed by atoms with E-state index in [9.17, 15) is 4.39 Å². The van der Waals surface area contributed by atoms with E-state index in [2.05, 4.69) is 11.8 Å². The van der Waals surface area contributed by atoms with E-state index >= 15 is 0 Å². The molecule has 1 aromatic carbocycles. The van der Waals surface area contributed by atoms with Gasteiger partial charge in [0.2, 0.25) is 0 Å². The standard InChI is InChI=1S/C11H15FN2/c1-2-14(8-6-7-8)10-5-3-4-9(12)11(10)13/h3-5,8H,2,6-7,13H2,1H3. The maximum absolute atomic E-state index is 13.2. The van der Waals surface area contributed by atoms with Gasteiger partial charge in [0.05, 0.1) is 11.4 Å². The van der Waals surface area contributed by atoms with Gasteiger partial charge in [0.15, 0.2) is 0 Å². The first-order valence-corrected chi connectivity index (χ1v) is 5.04. The lowest BCUT2D eigenvalue weighted by Gasteiger charge is -2.24. The van der Waals surface area contributed by atoms with Crippen molar-refractivity contribution in [3.63, 3.8) is 0 Å². The third-order valence-electron chi connectivity index (χ3n) is 2.67. The Morgan fingerprint density at radius 1 is 1.50 bits per heavy atom. The molecule has 0 spiro atoms. The molecule has 2 rings (SSSR count). The van der Waals surface area contributed by atoms with Crippen molar-refractivity contribution in [2.24, 2.45) is 0 Å². The monoisotopic (exact) mass is 194 g/mol. The van der Waals surface area contributed by atoms with Gasteiger partial charge < -0.3 is 10.6 Å². The zero-order chi connectivity index (χ0) is 10.1. The molecule has 0 aromatic heterocycles. The fraction of sp³-hybridized carbons (Fsp3) is 0.455. The summed E-state index contributed by atoms with van der Waals surface area (Å²) in [7, 11) is 0. The molecule has 3 heteroatoms. The Kier molecular flexibility index (Phi) is 2.32. The number of hydrogen-bond acceptors (Lipinski definition) is 2. The summed E-state index contributed by atoms with van der Waals surface area (Å²) < 4.78 is 13.2. The third kappa shape index (κ3) is 1.54. The van der Waals surface area contributed by atoms with Gasteiger partial charge in [-0.15, -0.1) is 0 Å². The van der Waals surface area contributed by atoms with Crippen LogP contribution >= 0.6 is 0 Å². The zero-order valence-electron chi connectivity index (χ0n) is 8.33. The van der Waals surface area contributed by atoms with Crippen molar-refractivity contribution in [3.8, 4) is 0 Å². The minimum Gasteiger partial charge on any atom is -0.395 e. The molecular weight excluding hydrogens is 179 g/mol. The second-order valence-electron chi connectivity index (χ2n) is 3.69. The highest BCUT2D eigenvalue weighted by Crippen LogP contribution is 2.35. The second kappa shape index (κ2) is 3.48. The molecule has 14 heavy (non-hydrogen) atoms. The number of nitrogens with two attached hydrogens (primary N) is 1. The van der Waals surface area contributed by atoms with Gasteiger partial charge in [-0.25, -0.2) is 4.39 Å². The molecule has 0 radical (unpaired) electrons. The van der Waals surface area contributed by atoms with Crippen molar-refractivity contribution in [2.45, 2.75) is 25.8 Å². The minimum atomic E-state index is -0.318. The highest BCUT2D eigenvalue weighted by molar-refractivity contribution is 5.68. The molecule has 1 saturated carbocycles. The van der Waals surface area contributed by atoms with E-state index in [-0.39, 0.29) is 11.5 Å². The summed E-state index contributed by atoms with van der Waals surface area (Å²) in [6, 6.07) is 5.58. The lowest BCUT2D eigenvalue weighted by Crippen LogP contribution is -2.26. The molecule has 76 valence electrons. The van der Waals surface area contributed by atoms with Crippen LogP contribution in [0.25, 0.3) is 0 Å². The normalized spacial score (nSPS) is 15.6. The quantitative estimate of drug-likeness (QED) is 0.749. The SMILES string of the molecule is CCN(c1cccc(F)c1N)C1CC1. The summed E-state index contributed by atoms with van der Waals surface area (Å²) in [6.45, 7) is 2.96. The van der Waals surface area contributed by atoms with Crippen LogP contribution in [-0.2, 0) is 0 Å². The molecule has 0 aliphatic heterocycles. The van der Waals surface area contributed by atoms with E-state index < -0.39 is 0 Å². The largest absolute Gasteiger partial charge is 0.395 e. The van der Waals surface area contributed by atoms with E-state index in [1.54, 1.807) is 6.07 Å². The molecule has 0 saturated heterocycles. The molecule has 1 aromatic rings. The molecule has 2 nitrogen and oxygen atoms in total. The predicted molar refractivity (Wildman–Crippen MR) is 56.9 cm³/mol. The van der Waals surface area contributed by atoms with Crippen LogP contribution in [0.5, 0.6) is 0 Å². The van der Waals surface area contributed by atoms with Crippen molar-refractivity contribution < 1.29 is 4.39 Å². The van der Waals surface area contributed by atoms with E-state index in [0.29, 0.717) is 6.04 Å². The van der Waals surface area contributed by atoms with Crippen molar-refractivity contribution in [3.05, 3.63) is 24.0 Å². The first-order valence-electron chi connectivity index (χ1n) is 5.04. The van der Waals surface area contributed by atoms with Crippen LogP contribution in [0.1, 0.15) is 19.8 Å². The van der Waals surface area contributed by atoms with Gasteiger partial charge in [-0.1, -0.05) is 6.07 Å². The van der Waals surface area contributed by atoms with Crippen LogP contribution in [0.2, 0.25) is 0 Å². The van der Waals surface area contributed by atoms with Gasteiger partial charge in [0.25, 0.3) is 0 Å². The maximum Gasteiger partial charge on any atom is 0.148 e. The number of rotatable bonds is 3. The van der Waals surface area contributed by atoms with Crippen LogP contribution in [0, 0.1) is 5.82 Å². The summed E-state index contributed by atoms with van der Waals surface area (Å²) in [5, 5.41) is 0. The van der Waals surface area contributed by atoms with E-state index in [1.165, 1.54) is 18.9 Å². The van der Waals surface area contributed by atoms with Crippen LogP contribution in [0.3, 0.4) is 0 Å². The third-order valence-corrected chi connectivity index (χ3v) is 2.67. The van der Waals surface area contributed by atoms with Crippen LogP contribution < -0.4 is 10.6 Å². The molecule has 0 heterocycles. The van der Waals surface area contributed by atoms with Gasteiger partial charge in [0, 0.05) is 12.6 Å². The number of nitrogens with zero attached hydrogens (tertiary/aromatic N) is 1. The summed E-state index contributed by atoms with van der Waals surface area (Å²) >= 11 is 0. The Hall–Kier alpha value is -1.25. The highest BCUT2D eigenvalue weighted by atomic mass is 19.1. The molecule has 2 N–H and O–H groups in total. The fourth-order valence-corrected chi connectivity index (χ4v) is 1.79. The smallest absolute Gasteiger partial charge is 0.148 e. The number of para-hydroxylation sites is 1. The van der Waals surface area contributed by atoms with Crippen molar-refractivity contribution in [1.82, 2.24) is 0 Å². The Bertz CT molecular complexity index is 334. The average molecular weight is 194 g/mol. The van der Waals surface area contributed by atoms with Gasteiger partial charge in [0.1, 0.15) is 5.82 Å². The van der Waals surface area contributed by atoms with Crippen LogP contribution in [0.15, 0.2) is 18.2 Å². The zero-order valence-corrected chi connectivity index (χ0v) is 8.33. The lowest BCUT2D eigenvalue weighted by molar-refractivity contribution is 0.631. The summed E-state index contributed by atoms with van der Waals surface area (Å²) in [5.74, 6) is -0.318. The Labute approximate surface area is 83.5 Å². The van der Waals surface area contributed by atoms with Gasteiger partial charge >= 0.3 is 0 Å². The number of anilines is 2. The fourth-order valence-electron chi connectivity index (χ4n) is 1.79. The number of benzene rings is 1. The molecule has 1 aliphatic carbocycles. The average Bonchev–Trinajstić information content (AvgIpc) is 2.97. The number of hydrogen-bond donors (Lipinski definition) is 1. The van der Waals surface area contributed by atoms with E-state index in [4.69, 9.17) is 5.73 Å². The lowest BCUT2D eigenvalue weighted by atomic mass is 10.2. The van der Waals surface area contributed by atoms with Gasteiger partial charge in [-0.05, 0) is 31.9 Å². The molecular formula is C11H15FN2. The second-order valence-corrected chi connectivity index (χ2v) is 3.69. The van der Waals surface area contributed by atoms with Crippen LogP contribution in [0.4, 0.5) is 15.8 Å². The maximum atomic E-state index is 13.2. The van der Waals surface area contributed by atoms with Crippen molar-refractivity contribution in [2.75, 3.05) is 17.2 Å². The topological polar surface area (TPSA) is 29.3 Å². The molecule has 0 amide bonds. The summed E-state index contributed by atoms with van der Waals surface area (Å²) in [4.78, 5) is 2.18. The van der Waals surface area contributed by atoms with Crippen molar-refractivity contribution >= 4 is 11.4 Å². The van der Waals surface area contributed by atoms with Gasteiger partial charge in [-0.3, -0.25) is 0 Å². The summed E-state index contributed by atoms with van der Waals surface area (Å²) in [6.07, 6.45) is 2.40. The Balaban J connectivity index is 2.33. The Morgan fingerprint density at radius 3 is 2.79 bits per heavy atom. The highest BCUT2D eigenvalue weighted by Gasteiger charge is 2.29. The van der Waals surface area contributed by atoms with Crippen LogP contribution in [-0.4, -0.2) is 12.6 Å².